The van der Waals surface area contributed by atoms with Crippen LogP contribution in [0, 0.1) is 3.57 Å². The van der Waals surface area contributed by atoms with Gasteiger partial charge in [0.25, 0.3) is 0 Å². The van der Waals surface area contributed by atoms with Crippen molar-refractivity contribution in [2.24, 2.45) is 0 Å². The number of rotatable bonds is 5. The van der Waals surface area contributed by atoms with Crippen molar-refractivity contribution >= 4 is 22.6 Å². The van der Waals surface area contributed by atoms with Crippen LogP contribution in [0.15, 0.2) is 24.3 Å². The van der Waals surface area contributed by atoms with Gasteiger partial charge >= 0.3 is 47.9 Å². The van der Waals surface area contributed by atoms with Gasteiger partial charge in [-0.1, -0.05) is 32.9 Å². The smallest absolute Gasteiger partial charge is 0.192 e. The van der Waals surface area contributed by atoms with Crippen LogP contribution in [-0.2, 0) is 5.41 Å². The Balaban J connectivity index is 0.000000970. The first-order valence-electron chi connectivity index (χ1n) is 8.91. The average Bonchev–Trinajstić information content (AvgIpc) is 2.65. The topological polar surface area (TPSA) is 0 Å². The molecule has 1 aromatic rings. The highest BCUT2D eigenvalue weighted by Crippen LogP contribution is 2.64. The quantitative estimate of drug-likeness (QED) is 0.213. The molecule has 0 aliphatic carbocycles. The minimum absolute atomic E-state index is 0.282. The third kappa shape index (κ3) is 6.14. The van der Waals surface area contributed by atoms with Crippen molar-refractivity contribution in [3.05, 3.63) is 33.4 Å². The summed E-state index contributed by atoms with van der Waals surface area (Å²) in [4.78, 5) is 0. The second kappa shape index (κ2) is 10.0. The Labute approximate surface area is 209 Å². The van der Waals surface area contributed by atoms with Gasteiger partial charge < -0.3 is 0 Å². The molecule has 0 nitrogen and oxygen atoms in total. The Morgan fingerprint density at radius 2 is 0.622 bits per heavy atom. The number of benzene rings is 1. The number of hydrogen-bond donors (Lipinski definition) is 0. The van der Waals surface area contributed by atoms with Crippen molar-refractivity contribution in [2.45, 2.75) is 74.1 Å². The molecule has 37 heavy (non-hydrogen) atoms. The highest BCUT2D eigenvalue weighted by Gasteiger charge is 2.95. The third-order valence-electron chi connectivity index (χ3n) is 4.39. The Kier molecular flexibility index (Phi) is 9.66. The van der Waals surface area contributed by atoms with Crippen molar-refractivity contribution < 1.29 is 79.0 Å². The van der Waals surface area contributed by atoms with Crippen molar-refractivity contribution in [1.29, 1.82) is 0 Å². The van der Waals surface area contributed by atoms with Gasteiger partial charge in [0.15, 0.2) is 0 Å². The van der Waals surface area contributed by atoms with Gasteiger partial charge in [0.1, 0.15) is 0 Å². The predicted molar refractivity (Wildman–Crippen MR) is 99.7 cm³/mol. The van der Waals surface area contributed by atoms with E-state index in [4.69, 9.17) is 0 Å². The molecular formula is C18H13F18I. The minimum atomic E-state index is -8.72. The maximum atomic E-state index is 12.8. The monoisotopic (exact) mass is 698 g/mol. The number of halogens is 19. The van der Waals surface area contributed by atoms with E-state index >= 15 is 0 Å². The maximum Gasteiger partial charge on any atom is 0.460 e. The van der Waals surface area contributed by atoms with E-state index in [1.54, 1.807) is 0 Å². The summed E-state index contributed by atoms with van der Waals surface area (Å²) in [5.74, 6) is -51.0. The molecule has 0 saturated carbocycles. The van der Waals surface area contributed by atoms with E-state index in [2.05, 4.69) is 67.6 Å². The Morgan fingerprint density at radius 1 is 0.405 bits per heavy atom. The average molecular weight is 698 g/mol. The van der Waals surface area contributed by atoms with Crippen LogP contribution in [0.2, 0.25) is 0 Å². The zero-order chi connectivity index (χ0) is 30.5. The molecule has 0 fully saturated rings. The first-order chi connectivity index (χ1) is 15.7. The number of alkyl halides is 18. The number of hydrogen-bond acceptors (Lipinski definition) is 0. The van der Waals surface area contributed by atoms with Crippen LogP contribution in [0.4, 0.5) is 79.0 Å². The SMILES string of the molecule is CC(C)(C)c1ccc(I)cc1.FC(F)(F)C(F)(F)C(F)(F)C(F)(F)C(F)(F)C(F)(F)C(F)(F)C(F)(F)F. The molecule has 0 atom stereocenters. The molecule has 1 aromatic carbocycles. The summed E-state index contributed by atoms with van der Waals surface area (Å²) in [5.41, 5.74) is 1.68. The first-order valence-corrected chi connectivity index (χ1v) is 9.99. The molecule has 0 unspecified atom stereocenters. The summed E-state index contributed by atoms with van der Waals surface area (Å²) in [5, 5.41) is 0. The highest BCUT2D eigenvalue weighted by molar-refractivity contribution is 14.1. The zero-order valence-corrected chi connectivity index (χ0v) is 20.1. The summed E-state index contributed by atoms with van der Waals surface area (Å²) in [6.07, 6.45) is -15.6. The third-order valence-corrected chi connectivity index (χ3v) is 5.11. The van der Waals surface area contributed by atoms with Gasteiger partial charge in [-0.15, -0.1) is 0 Å². The standard InChI is InChI=1S/C10H13I.C8F18/c1-10(2,3)8-4-6-9(11)7-5-8;9-1(10,3(13,14)5(17,18)7(21,22)23)2(11,12)4(15,16)6(19,20)8(24,25)26/h4-7H,1-3H3;. The van der Waals surface area contributed by atoms with Crippen LogP contribution < -0.4 is 0 Å². The lowest BCUT2D eigenvalue weighted by atomic mass is 9.87. The van der Waals surface area contributed by atoms with Gasteiger partial charge in [0.2, 0.25) is 0 Å². The summed E-state index contributed by atoms with van der Waals surface area (Å²) < 4.78 is 222. The lowest BCUT2D eigenvalue weighted by Gasteiger charge is -2.41. The van der Waals surface area contributed by atoms with Crippen LogP contribution in [0.1, 0.15) is 26.3 Å². The molecule has 0 heterocycles. The second-order valence-electron chi connectivity index (χ2n) is 8.20. The zero-order valence-electron chi connectivity index (χ0n) is 18.0. The molecule has 19 heteroatoms. The van der Waals surface area contributed by atoms with Gasteiger partial charge in [-0.2, -0.15) is 79.0 Å². The van der Waals surface area contributed by atoms with E-state index in [-0.39, 0.29) is 5.41 Å². The lowest BCUT2D eigenvalue weighted by molar-refractivity contribution is -0.468. The Bertz CT molecular complexity index is 855. The Hall–Kier alpha value is -1.31. The van der Waals surface area contributed by atoms with E-state index in [0.29, 0.717) is 0 Å². The molecule has 0 saturated heterocycles. The van der Waals surface area contributed by atoms with Gasteiger partial charge in [-0.05, 0) is 45.7 Å². The van der Waals surface area contributed by atoms with Gasteiger partial charge in [0, 0.05) is 3.57 Å². The fraction of sp³-hybridized carbons (Fsp3) is 0.667. The molecule has 0 N–H and O–H groups in total. The van der Waals surface area contributed by atoms with E-state index in [1.807, 2.05) is 0 Å². The van der Waals surface area contributed by atoms with Crippen LogP contribution in [0.3, 0.4) is 0 Å². The molecule has 0 radical (unpaired) electrons. The highest BCUT2D eigenvalue weighted by atomic mass is 127. The van der Waals surface area contributed by atoms with E-state index in [9.17, 15) is 79.0 Å². The van der Waals surface area contributed by atoms with Gasteiger partial charge in [0.05, 0.1) is 0 Å². The molecule has 0 aliphatic heterocycles. The Morgan fingerprint density at radius 3 is 0.811 bits per heavy atom. The molecule has 1 rings (SSSR count). The molecule has 0 aliphatic rings. The van der Waals surface area contributed by atoms with E-state index in [1.165, 1.54) is 9.13 Å². The van der Waals surface area contributed by atoms with Gasteiger partial charge in [-0.3, -0.25) is 0 Å². The van der Waals surface area contributed by atoms with Crippen molar-refractivity contribution in [2.75, 3.05) is 0 Å². The van der Waals surface area contributed by atoms with Crippen molar-refractivity contribution in [1.82, 2.24) is 0 Å². The molecular weight excluding hydrogens is 685 g/mol. The predicted octanol–water partition coefficient (Wildman–Crippen LogP) is 9.51. The van der Waals surface area contributed by atoms with Crippen LogP contribution in [0.25, 0.3) is 0 Å². The summed E-state index contributed by atoms with van der Waals surface area (Å²) in [6.45, 7) is 6.69. The van der Waals surface area contributed by atoms with Gasteiger partial charge in [-0.25, -0.2) is 0 Å². The first kappa shape index (κ1) is 35.7. The van der Waals surface area contributed by atoms with E-state index < -0.39 is 47.9 Å². The van der Waals surface area contributed by atoms with E-state index in [0.717, 1.165) is 0 Å². The van der Waals surface area contributed by atoms with Crippen molar-refractivity contribution in [3.8, 4) is 0 Å². The molecule has 0 amide bonds. The second-order valence-corrected chi connectivity index (χ2v) is 9.44. The molecule has 218 valence electrons. The van der Waals surface area contributed by atoms with Crippen LogP contribution in [0.5, 0.6) is 0 Å². The largest absolute Gasteiger partial charge is 0.460 e. The summed E-state index contributed by atoms with van der Waals surface area (Å²) in [7, 11) is 0. The lowest BCUT2D eigenvalue weighted by Crippen LogP contribution is -2.74. The molecule has 0 aromatic heterocycles. The summed E-state index contributed by atoms with van der Waals surface area (Å²) in [6, 6.07) is 8.70. The molecule has 0 bridgehead atoms. The van der Waals surface area contributed by atoms with Crippen molar-refractivity contribution in [3.63, 3.8) is 0 Å². The molecule has 0 spiro atoms. The fourth-order valence-electron chi connectivity index (χ4n) is 2.09. The fourth-order valence-corrected chi connectivity index (χ4v) is 2.45. The maximum absolute atomic E-state index is 12.8. The van der Waals surface area contributed by atoms with Crippen LogP contribution in [-0.4, -0.2) is 47.9 Å². The normalized spacial score (nSPS) is 15.3. The summed E-state index contributed by atoms with van der Waals surface area (Å²) >= 11 is 2.32. The van der Waals surface area contributed by atoms with Crippen LogP contribution >= 0.6 is 22.6 Å². The minimum Gasteiger partial charge on any atom is -0.192 e.